The molecule has 0 bridgehead atoms. The van der Waals surface area contributed by atoms with Crippen LogP contribution in [0.25, 0.3) is 6.08 Å². The molecule has 2 atom stereocenters. The van der Waals surface area contributed by atoms with Gasteiger partial charge in [0.2, 0.25) is 15.3 Å². The molecule has 0 aliphatic carbocycles. The standard InChI is InChI=1S/C16H15FO3S/c17-16(21(19,20)14-9-5-2-6-10-14)15(18)12-11-13-7-3-1-4-8-13/h1-12,15-16,18H/b12-11+. The quantitative estimate of drug-likeness (QED) is 0.924. The molecule has 2 unspecified atom stereocenters. The van der Waals surface area contributed by atoms with Gasteiger partial charge in [0.15, 0.2) is 0 Å². The zero-order chi connectivity index (χ0) is 15.3. The van der Waals surface area contributed by atoms with Crippen LogP contribution in [0.2, 0.25) is 0 Å². The predicted molar refractivity (Wildman–Crippen MR) is 80.0 cm³/mol. The monoisotopic (exact) mass is 306 g/mol. The molecular weight excluding hydrogens is 291 g/mol. The van der Waals surface area contributed by atoms with Gasteiger partial charge in [-0.15, -0.1) is 0 Å². The Morgan fingerprint density at radius 3 is 2.05 bits per heavy atom. The number of hydrogen-bond acceptors (Lipinski definition) is 3. The molecule has 2 aromatic rings. The normalized spacial score (nSPS) is 15.0. The third-order valence-corrected chi connectivity index (χ3v) is 4.72. The van der Waals surface area contributed by atoms with Crippen LogP contribution in [0.15, 0.2) is 71.6 Å². The molecule has 0 saturated heterocycles. The van der Waals surface area contributed by atoms with E-state index in [0.29, 0.717) is 0 Å². The van der Waals surface area contributed by atoms with Gasteiger partial charge in [0, 0.05) is 0 Å². The van der Waals surface area contributed by atoms with Crippen molar-refractivity contribution in [1.82, 2.24) is 0 Å². The van der Waals surface area contributed by atoms with Crippen LogP contribution in [0.3, 0.4) is 0 Å². The Balaban J connectivity index is 2.16. The van der Waals surface area contributed by atoms with Gasteiger partial charge < -0.3 is 5.11 Å². The summed E-state index contributed by atoms with van der Waals surface area (Å²) >= 11 is 0. The molecule has 0 spiro atoms. The van der Waals surface area contributed by atoms with Crippen LogP contribution in [0.4, 0.5) is 4.39 Å². The summed E-state index contributed by atoms with van der Waals surface area (Å²) in [5, 5.41) is 9.73. The van der Waals surface area contributed by atoms with Crippen molar-refractivity contribution < 1.29 is 17.9 Å². The Hall–Kier alpha value is -1.98. The first-order chi connectivity index (χ1) is 10.0. The minimum Gasteiger partial charge on any atom is -0.385 e. The van der Waals surface area contributed by atoms with Crippen molar-refractivity contribution in [2.75, 3.05) is 0 Å². The minimum absolute atomic E-state index is 0.148. The maximum Gasteiger partial charge on any atom is 0.234 e. The van der Waals surface area contributed by atoms with Gasteiger partial charge in [-0.05, 0) is 17.7 Å². The third-order valence-electron chi connectivity index (χ3n) is 2.92. The predicted octanol–water partition coefficient (Wildman–Crippen LogP) is 2.83. The maximum absolute atomic E-state index is 14.1. The Kier molecular flexibility index (Phi) is 4.88. The molecule has 2 aromatic carbocycles. The van der Waals surface area contributed by atoms with E-state index in [4.69, 9.17) is 0 Å². The Morgan fingerprint density at radius 1 is 0.952 bits per heavy atom. The lowest BCUT2D eigenvalue weighted by molar-refractivity contribution is 0.160. The first-order valence-electron chi connectivity index (χ1n) is 6.36. The van der Waals surface area contributed by atoms with E-state index >= 15 is 0 Å². The summed E-state index contributed by atoms with van der Waals surface area (Å²) in [7, 11) is -4.21. The second kappa shape index (κ2) is 6.65. The van der Waals surface area contributed by atoms with Crippen molar-refractivity contribution >= 4 is 15.9 Å². The average molecular weight is 306 g/mol. The molecule has 0 amide bonds. The second-order valence-corrected chi connectivity index (χ2v) is 6.48. The van der Waals surface area contributed by atoms with Crippen LogP contribution in [0.1, 0.15) is 5.56 Å². The summed E-state index contributed by atoms with van der Waals surface area (Å²) < 4.78 is 38.1. The summed E-state index contributed by atoms with van der Waals surface area (Å²) in [5.74, 6) is 0. The highest BCUT2D eigenvalue weighted by molar-refractivity contribution is 7.92. The van der Waals surface area contributed by atoms with Crippen molar-refractivity contribution in [3.05, 3.63) is 72.3 Å². The fourth-order valence-corrected chi connectivity index (χ4v) is 3.04. The van der Waals surface area contributed by atoms with Crippen molar-refractivity contribution in [2.45, 2.75) is 16.5 Å². The van der Waals surface area contributed by atoms with Gasteiger partial charge in [-0.1, -0.05) is 60.7 Å². The van der Waals surface area contributed by atoms with Crippen LogP contribution in [0, 0.1) is 0 Å². The van der Waals surface area contributed by atoms with Crippen LogP contribution < -0.4 is 0 Å². The summed E-state index contributed by atoms with van der Waals surface area (Å²) in [5.41, 5.74) is -1.65. The van der Waals surface area contributed by atoms with Crippen molar-refractivity contribution in [3.63, 3.8) is 0 Å². The summed E-state index contributed by atoms with van der Waals surface area (Å²) in [6, 6.07) is 16.2. The third kappa shape index (κ3) is 3.77. The number of sulfone groups is 1. The number of aliphatic hydroxyl groups is 1. The smallest absolute Gasteiger partial charge is 0.234 e. The van der Waals surface area contributed by atoms with E-state index < -0.39 is 21.4 Å². The lowest BCUT2D eigenvalue weighted by Crippen LogP contribution is -2.28. The molecule has 3 nitrogen and oxygen atoms in total. The van der Waals surface area contributed by atoms with Gasteiger partial charge in [-0.3, -0.25) is 0 Å². The largest absolute Gasteiger partial charge is 0.385 e. The molecule has 0 aromatic heterocycles. The highest BCUT2D eigenvalue weighted by Gasteiger charge is 2.32. The topological polar surface area (TPSA) is 54.4 Å². The molecule has 0 fully saturated rings. The molecule has 21 heavy (non-hydrogen) atoms. The van der Waals surface area contributed by atoms with E-state index in [1.807, 2.05) is 6.07 Å². The SMILES string of the molecule is O=S(=O)(c1ccccc1)C(F)C(O)/C=C/c1ccccc1. The van der Waals surface area contributed by atoms with Crippen molar-refractivity contribution in [2.24, 2.45) is 0 Å². The molecule has 0 radical (unpaired) electrons. The van der Waals surface area contributed by atoms with Gasteiger partial charge in [0.1, 0.15) is 6.10 Å². The van der Waals surface area contributed by atoms with Crippen LogP contribution in [-0.4, -0.2) is 25.1 Å². The van der Waals surface area contributed by atoms with E-state index in [1.54, 1.807) is 30.3 Å². The van der Waals surface area contributed by atoms with Gasteiger partial charge in [-0.25, -0.2) is 12.8 Å². The highest BCUT2D eigenvalue weighted by atomic mass is 32.2. The van der Waals surface area contributed by atoms with Gasteiger partial charge in [0.25, 0.3) is 0 Å². The number of rotatable bonds is 5. The first kappa shape index (κ1) is 15.4. The molecule has 0 heterocycles. The van der Waals surface area contributed by atoms with E-state index in [-0.39, 0.29) is 4.90 Å². The van der Waals surface area contributed by atoms with Crippen LogP contribution >= 0.6 is 0 Å². The average Bonchev–Trinajstić information content (AvgIpc) is 2.53. The number of benzene rings is 2. The maximum atomic E-state index is 14.1. The molecule has 2 rings (SSSR count). The highest BCUT2D eigenvalue weighted by Crippen LogP contribution is 2.20. The summed E-state index contributed by atoms with van der Waals surface area (Å²) in [6.45, 7) is 0. The van der Waals surface area contributed by atoms with E-state index in [1.165, 1.54) is 30.3 Å². The number of hydrogen-bond donors (Lipinski definition) is 1. The zero-order valence-electron chi connectivity index (χ0n) is 11.1. The number of aliphatic hydroxyl groups excluding tert-OH is 1. The zero-order valence-corrected chi connectivity index (χ0v) is 11.9. The number of alkyl halides is 1. The van der Waals surface area contributed by atoms with Crippen LogP contribution in [-0.2, 0) is 9.84 Å². The lowest BCUT2D eigenvalue weighted by atomic mass is 10.2. The van der Waals surface area contributed by atoms with Crippen molar-refractivity contribution in [1.29, 1.82) is 0 Å². The summed E-state index contributed by atoms with van der Waals surface area (Å²) in [4.78, 5) is -0.148. The van der Waals surface area contributed by atoms with E-state index in [2.05, 4.69) is 0 Å². The first-order valence-corrected chi connectivity index (χ1v) is 7.91. The molecular formula is C16H15FO3S. The Morgan fingerprint density at radius 2 is 1.48 bits per heavy atom. The van der Waals surface area contributed by atoms with Gasteiger partial charge in [0.05, 0.1) is 4.90 Å². The van der Waals surface area contributed by atoms with E-state index in [0.717, 1.165) is 11.6 Å². The Labute approximate surface area is 123 Å². The van der Waals surface area contributed by atoms with Gasteiger partial charge in [-0.2, -0.15) is 0 Å². The fourth-order valence-electron chi connectivity index (χ4n) is 1.78. The lowest BCUT2D eigenvalue weighted by Gasteiger charge is -2.13. The molecule has 0 aliphatic heterocycles. The number of halogens is 1. The van der Waals surface area contributed by atoms with E-state index in [9.17, 15) is 17.9 Å². The van der Waals surface area contributed by atoms with Gasteiger partial charge >= 0.3 is 0 Å². The Bertz CT molecular complexity index is 697. The fraction of sp³-hybridized carbons (Fsp3) is 0.125. The molecule has 5 heteroatoms. The molecule has 110 valence electrons. The van der Waals surface area contributed by atoms with Crippen molar-refractivity contribution in [3.8, 4) is 0 Å². The van der Waals surface area contributed by atoms with Crippen LogP contribution in [0.5, 0.6) is 0 Å². The molecule has 1 N–H and O–H groups in total. The second-order valence-electron chi connectivity index (χ2n) is 4.47. The molecule has 0 aliphatic rings. The minimum atomic E-state index is -4.21. The molecule has 0 saturated carbocycles. The summed E-state index contributed by atoms with van der Waals surface area (Å²) in [6.07, 6.45) is 0.897.